The van der Waals surface area contributed by atoms with E-state index in [4.69, 9.17) is 10.00 Å². The topological polar surface area (TPSA) is 53.3 Å². The zero-order valence-corrected chi connectivity index (χ0v) is 16.3. The van der Waals surface area contributed by atoms with Gasteiger partial charge in [0.15, 0.2) is 0 Å². The molecule has 0 spiro atoms. The summed E-state index contributed by atoms with van der Waals surface area (Å²) in [5, 5.41) is 8.83. The Bertz CT molecular complexity index is 768. The highest BCUT2D eigenvalue weighted by Gasteiger charge is 2.20. The molecule has 1 atom stereocenters. The van der Waals surface area contributed by atoms with Crippen molar-refractivity contribution in [3.63, 3.8) is 0 Å². The number of thioether (sulfide) groups is 1. The third-order valence-electron chi connectivity index (χ3n) is 4.28. The molecular formula is C21H24N2O2S. The van der Waals surface area contributed by atoms with Crippen LogP contribution in [-0.2, 0) is 10.5 Å². The van der Waals surface area contributed by atoms with E-state index in [2.05, 4.69) is 6.07 Å². The van der Waals surface area contributed by atoms with Crippen molar-refractivity contribution in [2.24, 2.45) is 0 Å². The SMILES string of the molecule is CCN(C(=O)CSCc1ccc(C#N)cc1)C(C)c1cccc(OC)c1. The zero-order chi connectivity index (χ0) is 18.9. The smallest absolute Gasteiger partial charge is 0.233 e. The molecule has 136 valence electrons. The summed E-state index contributed by atoms with van der Waals surface area (Å²) in [6.07, 6.45) is 0. The lowest BCUT2D eigenvalue weighted by Crippen LogP contribution is -2.34. The first kappa shape index (κ1) is 19.9. The average Bonchev–Trinajstić information content (AvgIpc) is 2.69. The molecule has 0 aliphatic carbocycles. The maximum atomic E-state index is 12.7. The van der Waals surface area contributed by atoms with Crippen molar-refractivity contribution in [2.45, 2.75) is 25.6 Å². The molecule has 0 aliphatic rings. The van der Waals surface area contributed by atoms with Crippen LogP contribution >= 0.6 is 11.8 Å². The molecule has 0 heterocycles. The minimum absolute atomic E-state index is 0.00175. The third-order valence-corrected chi connectivity index (χ3v) is 5.27. The van der Waals surface area contributed by atoms with Crippen LogP contribution in [0.25, 0.3) is 0 Å². The molecule has 5 heteroatoms. The molecule has 0 bridgehead atoms. The highest BCUT2D eigenvalue weighted by atomic mass is 32.2. The lowest BCUT2D eigenvalue weighted by atomic mass is 10.1. The number of carbonyl (C=O) groups excluding carboxylic acids is 1. The molecule has 0 radical (unpaired) electrons. The van der Waals surface area contributed by atoms with E-state index in [-0.39, 0.29) is 11.9 Å². The molecule has 0 saturated heterocycles. The number of nitrogens with zero attached hydrogens (tertiary/aromatic N) is 2. The van der Waals surface area contributed by atoms with E-state index in [1.54, 1.807) is 31.0 Å². The van der Waals surface area contributed by atoms with E-state index in [0.29, 0.717) is 17.9 Å². The molecule has 4 nitrogen and oxygen atoms in total. The van der Waals surface area contributed by atoms with Gasteiger partial charge in [0.05, 0.1) is 30.5 Å². The highest BCUT2D eigenvalue weighted by molar-refractivity contribution is 7.99. The average molecular weight is 369 g/mol. The first-order valence-electron chi connectivity index (χ1n) is 8.59. The summed E-state index contributed by atoms with van der Waals surface area (Å²) in [6, 6.07) is 17.4. The number of amides is 1. The van der Waals surface area contributed by atoms with Crippen molar-refractivity contribution in [1.29, 1.82) is 5.26 Å². The third kappa shape index (κ3) is 5.27. The molecule has 1 unspecified atom stereocenters. The second-order valence-electron chi connectivity index (χ2n) is 5.93. The molecule has 0 aromatic heterocycles. The van der Waals surface area contributed by atoms with Crippen molar-refractivity contribution in [2.75, 3.05) is 19.4 Å². The Hall–Kier alpha value is -2.45. The number of hydrogen-bond donors (Lipinski definition) is 0. The van der Waals surface area contributed by atoms with Crippen LogP contribution in [0.3, 0.4) is 0 Å². The summed E-state index contributed by atoms with van der Waals surface area (Å²) >= 11 is 1.59. The van der Waals surface area contributed by atoms with Gasteiger partial charge < -0.3 is 9.64 Å². The van der Waals surface area contributed by atoms with Crippen molar-refractivity contribution in [3.05, 3.63) is 65.2 Å². The van der Waals surface area contributed by atoms with E-state index in [1.807, 2.05) is 55.1 Å². The maximum Gasteiger partial charge on any atom is 0.233 e. The zero-order valence-electron chi connectivity index (χ0n) is 15.4. The summed E-state index contributed by atoms with van der Waals surface area (Å²) in [7, 11) is 1.65. The first-order chi connectivity index (χ1) is 12.6. The highest BCUT2D eigenvalue weighted by Crippen LogP contribution is 2.25. The van der Waals surface area contributed by atoms with Gasteiger partial charge in [0, 0.05) is 12.3 Å². The number of benzene rings is 2. The molecule has 1 amide bonds. The Morgan fingerprint density at radius 1 is 1.27 bits per heavy atom. The fourth-order valence-corrected chi connectivity index (χ4v) is 3.63. The summed E-state index contributed by atoms with van der Waals surface area (Å²) in [4.78, 5) is 14.6. The van der Waals surface area contributed by atoms with Crippen molar-refractivity contribution in [3.8, 4) is 11.8 Å². The minimum Gasteiger partial charge on any atom is -0.497 e. The van der Waals surface area contributed by atoms with Crippen LogP contribution < -0.4 is 4.74 Å². The summed E-state index contributed by atoms with van der Waals surface area (Å²) in [6.45, 7) is 4.70. The number of rotatable bonds is 8. The molecule has 2 rings (SSSR count). The van der Waals surface area contributed by atoms with Crippen LogP contribution in [-0.4, -0.2) is 30.2 Å². The van der Waals surface area contributed by atoms with Crippen molar-refractivity contribution in [1.82, 2.24) is 4.90 Å². The molecule has 2 aromatic carbocycles. The molecule has 0 fully saturated rings. The van der Waals surface area contributed by atoms with Gasteiger partial charge in [-0.1, -0.05) is 24.3 Å². The second kappa shape index (κ2) is 9.88. The van der Waals surface area contributed by atoms with Crippen LogP contribution in [0.15, 0.2) is 48.5 Å². The van der Waals surface area contributed by atoms with Gasteiger partial charge in [0.2, 0.25) is 5.91 Å². The fourth-order valence-electron chi connectivity index (χ4n) is 2.76. The number of methoxy groups -OCH3 is 1. The maximum absolute atomic E-state index is 12.7. The second-order valence-corrected chi connectivity index (χ2v) is 6.92. The van der Waals surface area contributed by atoms with Crippen molar-refractivity contribution >= 4 is 17.7 Å². The summed E-state index contributed by atoms with van der Waals surface area (Å²) < 4.78 is 5.28. The van der Waals surface area contributed by atoms with Crippen LogP contribution in [0.1, 0.15) is 36.6 Å². The molecule has 26 heavy (non-hydrogen) atoms. The van der Waals surface area contributed by atoms with E-state index < -0.39 is 0 Å². The van der Waals surface area contributed by atoms with Gasteiger partial charge in [-0.2, -0.15) is 5.26 Å². The molecule has 2 aromatic rings. The summed E-state index contributed by atoms with van der Waals surface area (Å²) in [5.41, 5.74) is 2.83. The Balaban J connectivity index is 1.93. The van der Waals surface area contributed by atoms with E-state index >= 15 is 0 Å². The van der Waals surface area contributed by atoms with Gasteiger partial charge in [-0.25, -0.2) is 0 Å². The monoisotopic (exact) mass is 368 g/mol. The molecule has 0 aliphatic heterocycles. The van der Waals surface area contributed by atoms with Crippen LogP contribution in [0.4, 0.5) is 0 Å². The van der Waals surface area contributed by atoms with Crippen molar-refractivity contribution < 1.29 is 9.53 Å². The van der Waals surface area contributed by atoms with Crippen LogP contribution in [0.2, 0.25) is 0 Å². The Kier molecular flexibility index (Phi) is 7.55. The Morgan fingerprint density at radius 2 is 2.00 bits per heavy atom. The van der Waals surface area contributed by atoms with Gasteiger partial charge in [-0.05, 0) is 49.2 Å². The summed E-state index contributed by atoms with van der Waals surface area (Å²) in [5.74, 6) is 2.11. The van der Waals surface area contributed by atoms with Gasteiger partial charge in [-0.15, -0.1) is 11.8 Å². The fraction of sp³-hybridized carbons (Fsp3) is 0.333. The number of ether oxygens (including phenoxy) is 1. The Morgan fingerprint density at radius 3 is 2.62 bits per heavy atom. The predicted molar refractivity (Wildman–Crippen MR) is 106 cm³/mol. The molecular weight excluding hydrogens is 344 g/mol. The lowest BCUT2D eigenvalue weighted by molar-refractivity contribution is -0.130. The van der Waals surface area contributed by atoms with E-state index in [9.17, 15) is 4.79 Å². The number of carbonyl (C=O) groups is 1. The van der Waals surface area contributed by atoms with Gasteiger partial charge >= 0.3 is 0 Å². The predicted octanol–water partition coefficient (Wildman–Crippen LogP) is 4.41. The number of hydrogen-bond acceptors (Lipinski definition) is 4. The lowest BCUT2D eigenvalue weighted by Gasteiger charge is -2.28. The molecule has 0 N–H and O–H groups in total. The quantitative estimate of drug-likeness (QED) is 0.692. The van der Waals surface area contributed by atoms with Gasteiger partial charge in [0.25, 0.3) is 0 Å². The van der Waals surface area contributed by atoms with Gasteiger partial charge in [-0.3, -0.25) is 4.79 Å². The first-order valence-corrected chi connectivity index (χ1v) is 9.74. The molecule has 0 saturated carbocycles. The standard InChI is InChI=1S/C21H24N2O2S/c1-4-23(16(2)19-6-5-7-20(12-19)25-3)21(24)15-26-14-18-10-8-17(13-22)9-11-18/h5-12,16H,4,14-15H2,1-3H3. The van der Waals surface area contributed by atoms with Crippen LogP contribution in [0, 0.1) is 11.3 Å². The normalized spacial score (nSPS) is 11.5. The Labute approximate surface area is 159 Å². The largest absolute Gasteiger partial charge is 0.497 e. The van der Waals surface area contributed by atoms with E-state index in [0.717, 1.165) is 22.6 Å². The number of nitriles is 1. The minimum atomic E-state index is -0.00175. The van der Waals surface area contributed by atoms with Gasteiger partial charge in [0.1, 0.15) is 5.75 Å². The van der Waals surface area contributed by atoms with Crippen LogP contribution in [0.5, 0.6) is 5.75 Å². The van der Waals surface area contributed by atoms with E-state index in [1.165, 1.54) is 0 Å².